The molecule has 0 bridgehead atoms. The van der Waals surface area contributed by atoms with Crippen molar-refractivity contribution >= 4 is 0 Å². The van der Waals surface area contributed by atoms with Gasteiger partial charge in [0.05, 0.1) is 31.5 Å². The first kappa shape index (κ1) is 15.3. The molecule has 0 saturated carbocycles. The van der Waals surface area contributed by atoms with E-state index in [0.29, 0.717) is 0 Å². The lowest BCUT2D eigenvalue weighted by atomic mass is 10.0. The Morgan fingerprint density at radius 1 is 1.14 bits per heavy atom. The Bertz CT molecular complexity index is 538. The summed E-state index contributed by atoms with van der Waals surface area (Å²) < 4.78 is 11.0. The maximum absolute atomic E-state index is 5.51. The van der Waals surface area contributed by atoms with Gasteiger partial charge in [-0.2, -0.15) is 0 Å². The second-order valence-electron chi connectivity index (χ2n) is 4.60. The minimum atomic E-state index is -0.0981. The molecule has 1 atom stereocenters. The quantitative estimate of drug-likeness (QED) is 0.848. The summed E-state index contributed by atoms with van der Waals surface area (Å²) in [6.45, 7) is 3.00. The Balaban J connectivity index is 2.50. The van der Waals surface area contributed by atoms with E-state index < -0.39 is 0 Å². The van der Waals surface area contributed by atoms with Crippen LogP contribution in [0.15, 0.2) is 36.8 Å². The smallest absolute Gasteiger partial charge is 0.127 e. The Morgan fingerprint density at radius 2 is 1.86 bits per heavy atom. The molecule has 1 N–H and O–H groups in total. The van der Waals surface area contributed by atoms with Crippen molar-refractivity contribution in [2.45, 2.75) is 19.4 Å². The fourth-order valence-electron chi connectivity index (χ4n) is 2.28. The van der Waals surface area contributed by atoms with Crippen molar-refractivity contribution in [1.82, 2.24) is 15.3 Å². The molecule has 0 aliphatic carbocycles. The lowest BCUT2D eigenvalue weighted by Gasteiger charge is -2.22. The van der Waals surface area contributed by atoms with Gasteiger partial charge in [-0.3, -0.25) is 0 Å². The predicted molar refractivity (Wildman–Crippen MR) is 81.7 cm³/mol. The molecule has 0 aliphatic rings. The maximum atomic E-state index is 5.51. The zero-order valence-corrected chi connectivity index (χ0v) is 12.7. The number of nitrogens with zero attached hydrogens (tertiary/aromatic N) is 2. The summed E-state index contributed by atoms with van der Waals surface area (Å²) in [5.41, 5.74) is 1.84. The van der Waals surface area contributed by atoms with Crippen molar-refractivity contribution in [3.8, 4) is 11.5 Å². The summed E-state index contributed by atoms with van der Waals surface area (Å²) in [6.07, 6.45) is 4.32. The van der Waals surface area contributed by atoms with Gasteiger partial charge in [-0.1, -0.05) is 13.0 Å². The van der Waals surface area contributed by atoms with Crippen molar-refractivity contribution < 1.29 is 9.47 Å². The molecule has 21 heavy (non-hydrogen) atoms. The van der Waals surface area contributed by atoms with Gasteiger partial charge in [-0.15, -0.1) is 0 Å². The number of aromatic nitrogens is 2. The predicted octanol–water partition coefficient (Wildman–Crippen LogP) is 2.58. The third kappa shape index (κ3) is 3.49. The largest absolute Gasteiger partial charge is 0.496 e. The summed E-state index contributed by atoms with van der Waals surface area (Å²) in [5, 5.41) is 3.50. The molecule has 1 aromatic heterocycles. The monoisotopic (exact) mass is 287 g/mol. The van der Waals surface area contributed by atoms with E-state index >= 15 is 0 Å². The van der Waals surface area contributed by atoms with Crippen LogP contribution < -0.4 is 14.8 Å². The van der Waals surface area contributed by atoms with E-state index in [1.54, 1.807) is 26.7 Å². The van der Waals surface area contributed by atoms with Crippen LogP contribution in [0.5, 0.6) is 11.5 Å². The van der Waals surface area contributed by atoms with E-state index in [4.69, 9.17) is 9.47 Å². The molecule has 112 valence electrons. The van der Waals surface area contributed by atoms with Crippen molar-refractivity contribution in [3.05, 3.63) is 48.0 Å². The van der Waals surface area contributed by atoms with E-state index in [-0.39, 0.29) is 6.04 Å². The summed E-state index contributed by atoms with van der Waals surface area (Å²) in [6, 6.07) is 7.58. The van der Waals surface area contributed by atoms with Crippen LogP contribution in [0.25, 0.3) is 0 Å². The number of ether oxygens (including phenoxy) is 2. The van der Waals surface area contributed by atoms with Crippen LogP contribution in [0.2, 0.25) is 0 Å². The van der Waals surface area contributed by atoms with Crippen LogP contribution >= 0.6 is 0 Å². The minimum absolute atomic E-state index is 0.0981. The number of hydrogen-bond acceptors (Lipinski definition) is 5. The Hall–Kier alpha value is -2.14. The molecule has 0 fully saturated rings. The molecule has 0 saturated heterocycles. The second kappa shape index (κ2) is 7.59. The van der Waals surface area contributed by atoms with Gasteiger partial charge in [-0.05, 0) is 31.2 Å². The molecular weight excluding hydrogens is 266 g/mol. The van der Waals surface area contributed by atoms with Crippen LogP contribution in [0, 0.1) is 0 Å². The van der Waals surface area contributed by atoms with Gasteiger partial charge in [0.2, 0.25) is 0 Å². The number of rotatable bonds is 7. The topological polar surface area (TPSA) is 56.3 Å². The van der Waals surface area contributed by atoms with Gasteiger partial charge < -0.3 is 14.8 Å². The summed E-state index contributed by atoms with van der Waals surface area (Å²) in [4.78, 5) is 8.36. The summed E-state index contributed by atoms with van der Waals surface area (Å²) in [7, 11) is 3.32. The van der Waals surface area contributed by atoms with Crippen LogP contribution in [0.4, 0.5) is 0 Å². The van der Waals surface area contributed by atoms with E-state index in [9.17, 15) is 0 Å². The van der Waals surface area contributed by atoms with E-state index in [2.05, 4.69) is 22.2 Å². The lowest BCUT2D eigenvalue weighted by molar-refractivity contribution is 0.376. The Kier molecular flexibility index (Phi) is 5.51. The Morgan fingerprint density at radius 3 is 2.38 bits per heavy atom. The number of methoxy groups -OCH3 is 2. The molecule has 1 aromatic carbocycles. The molecule has 0 spiro atoms. The van der Waals surface area contributed by atoms with Gasteiger partial charge in [0.25, 0.3) is 0 Å². The van der Waals surface area contributed by atoms with Gasteiger partial charge in [-0.25, -0.2) is 9.97 Å². The van der Waals surface area contributed by atoms with E-state index in [1.165, 1.54) is 0 Å². The number of nitrogens with one attached hydrogen (secondary N) is 1. The fourth-order valence-corrected chi connectivity index (χ4v) is 2.28. The zero-order valence-electron chi connectivity index (χ0n) is 12.7. The first-order valence-electron chi connectivity index (χ1n) is 7.02. The molecule has 1 unspecified atom stereocenters. The SMILES string of the molecule is CCCNC(c1ccncn1)c1c(OC)cccc1OC. The lowest BCUT2D eigenvalue weighted by Crippen LogP contribution is -2.25. The van der Waals surface area contributed by atoms with E-state index in [1.807, 2.05) is 24.3 Å². The molecule has 0 radical (unpaired) electrons. The van der Waals surface area contributed by atoms with Crippen molar-refractivity contribution in [3.63, 3.8) is 0 Å². The third-order valence-electron chi connectivity index (χ3n) is 3.25. The molecule has 0 amide bonds. The van der Waals surface area contributed by atoms with Crippen molar-refractivity contribution in [1.29, 1.82) is 0 Å². The molecule has 2 rings (SSSR count). The number of benzene rings is 1. The Labute approximate surface area is 125 Å². The highest BCUT2D eigenvalue weighted by atomic mass is 16.5. The average Bonchev–Trinajstić information content (AvgIpc) is 2.56. The van der Waals surface area contributed by atoms with Gasteiger partial charge in [0.15, 0.2) is 0 Å². The van der Waals surface area contributed by atoms with Gasteiger partial charge >= 0.3 is 0 Å². The van der Waals surface area contributed by atoms with Gasteiger partial charge in [0.1, 0.15) is 17.8 Å². The van der Waals surface area contributed by atoms with Crippen molar-refractivity contribution in [2.24, 2.45) is 0 Å². The highest BCUT2D eigenvalue weighted by Gasteiger charge is 2.23. The molecule has 0 aliphatic heterocycles. The van der Waals surface area contributed by atoms with Crippen LogP contribution in [-0.2, 0) is 0 Å². The third-order valence-corrected chi connectivity index (χ3v) is 3.25. The summed E-state index contributed by atoms with van der Waals surface area (Å²) in [5.74, 6) is 1.56. The van der Waals surface area contributed by atoms with E-state index in [0.717, 1.165) is 35.7 Å². The average molecular weight is 287 g/mol. The van der Waals surface area contributed by atoms with Gasteiger partial charge in [0, 0.05) is 6.20 Å². The highest BCUT2D eigenvalue weighted by Crippen LogP contribution is 2.36. The first-order valence-corrected chi connectivity index (χ1v) is 7.02. The second-order valence-corrected chi connectivity index (χ2v) is 4.60. The van der Waals surface area contributed by atoms with Crippen LogP contribution in [0.3, 0.4) is 0 Å². The van der Waals surface area contributed by atoms with Crippen LogP contribution in [-0.4, -0.2) is 30.7 Å². The van der Waals surface area contributed by atoms with Crippen LogP contribution in [0.1, 0.15) is 30.6 Å². The number of hydrogen-bond donors (Lipinski definition) is 1. The molecular formula is C16H21N3O2. The molecule has 5 heteroatoms. The fraction of sp³-hybridized carbons (Fsp3) is 0.375. The van der Waals surface area contributed by atoms with Crippen molar-refractivity contribution in [2.75, 3.05) is 20.8 Å². The minimum Gasteiger partial charge on any atom is -0.496 e. The zero-order chi connectivity index (χ0) is 15.1. The standard InChI is InChI=1S/C16H21N3O2/c1-4-9-18-16(12-8-10-17-11-19-12)15-13(20-2)6-5-7-14(15)21-3/h5-8,10-11,16,18H,4,9H2,1-3H3. The summed E-state index contributed by atoms with van der Waals surface area (Å²) >= 11 is 0. The molecule has 1 heterocycles. The maximum Gasteiger partial charge on any atom is 0.127 e. The molecule has 5 nitrogen and oxygen atoms in total. The molecule has 2 aromatic rings. The highest BCUT2D eigenvalue weighted by molar-refractivity contribution is 5.49. The normalized spacial score (nSPS) is 12.0. The first-order chi connectivity index (χ1) is 10.3.